The van der Waals surface area contributed by atoms with Gasteiger partial charge >= 0.3 is 5.97 Å². The van der Waals surface area contributed by atoms with Gasteiger partial charge in [-0.05, 0) is 103 Å². The van der Waals surface area contributed by atoms with Crippen molar-refractivity contribution in [3.63, 3.8) is 0 Å². The van der Waals surface area contributed by atoms with Gasteiger partial charge in [-0.25, -0.2) is 14.8 Å². The van der Waals surface area contributed by atoms with Crippen LogP contribution in [0.5, 0.6) is 0 Å². The summed E-state index contributed by atoms with van der Waals surface area (Å²) in [4.78, 5) is 49.2. The summed E-state index contributed by atoms with van der Waals surface area (Å²) in [7, 11) is 0. The first kappa shape index (κ1) is 41.0. The van der Waals surface area contributed by atoms with E-state index < -0.39 is 5.97 Å². The number of pyridine rings is 1. The molecule has 0 spiro atoms. The highest BCUT2D eigenvalue weighted by Crippen LogP contribution is 2.62. The highest BCUT2D eigenvalue weighted by atomic mass is 32.1. The van der Waals surface area contributed by atoms with Gasteiger partial charge in [0, 0.05) is 61.7 Å². The number of amides is 2. The van der Waals surface area contributed by atoms with Crippen molar-refractivity contribution in [3.8, 4) is 0 Å². The predicted molar refractivity (Wildman–Crippen MR) is 230 cm³/mol. The molecule has 0 radical (unpaired) electrons. The maximum Gasteiger partial charge on any atom is 0.355 e. The molecule has 2 aromatic heterocycles. The number of para-hydroxylation sites is 1. The summed E-state index contributed by atoms with van der Waals surface area (Å²) in [5.74, 6) is -1.01. The third-order valence-corrected chi connectivity index (χ3v) is 13.0. The molecule has 0 saturated heterocycles. The van der Waals surface area contributed by atoms with Gasteiger partial charge in [-0.15, -0.1) is 0 Å². The molecule has 5 N–H and O–H groups in total. The SMILES string of the molecule is CC(=O)NCCOC12CC(C)(C)CC(C)(CC(C)(CN/C(C)=C(\C=N)c3ccc(N4CCc5cccc(C(=O)Nc6nc7ccccc7s6)c5C4)nc3C(=O)O)C1)C2. The number of hydrogen-bond donors (Lipinski definition) is 5. The van der Waals surface area contributed by atoms with Gasteiger partial charge in [0.25, 0.3) is 5.91 Å². The van der Waals surface area contributed by atoms with Gasteiger partial charge in [0.1, 0.15) is 5.82 Å². The minimum absolute atomic E-state index is 0.0673. The van der Waals surface area contributed by atoms with E-state index in [0.717, 1.165) is 53.4 Å². The lowest BCUT2D eigenvalue weighted by Gasteiger charge is -2.61. The Morgan fingerprint density at radius 1 is 0.931 bits per heavy atom. The standard InChI is InChI=1S/C45H55N7O5S/c1-28(48-27-44(6)24-43(5)22-42(3,4)23-45(25-43,26-44)57-19-17-47-29(2)53)33(20-46)31-14-15-37(50-38(31)40(55)56)52-18-16-30-10-9-11-32(34(30)21-52)39(54)51-41-49-35-12-7-8-13-36(35)58-41/h7-15,20,46,48H,16-19,21-27H2,1-6H3,(H,47,53)(H,55,56)(H,49,51,54)/b33-28+,46-20?. The smallest absolute Gasteiger partial charge is 0.355 e. The number of aromatic carboxylic acids is 1. The molecular formula is C45H55N7O5S. The molecule has 3 atom stereocenters. The van der Waals surface area contributed by atoms with Crippen LogP contribution in [-0.4, -0.2) is 70.9 Å². The maximum atomic E-state index is 13.6. The quantitative estimate of drug-likeness (QED) is 0.0663. The molecule has 306 valence electrons. The lowest BCUT2D eigenvalue weighted by molar-refractivity contribution is -0.189. The van der Waals surface area contributed by atoms with E-state index in [-0.39, 0.29) is 39.4 Å². The molecule has 2 fully saturated rings. The summed E-state index contributed by atoms with van der Waals surface area (Å²) in [5.41, 5.74) is 4.42. The molecule has 2 amide bonds. The van der Waals surface area contributed by atoms with E-state index in [1.54, 1.807) is 6.07 Å². The van der Waals surface area contributed by atoms with E-state index in [9.17, 15) is 19.5 Å². The zero-order valence-electron chi connectivity index (χ0n) is 34.4. The zero-order valence-corrected chi connectivity index (χ0v) is 35.2. The summed E-state index contributed by atoms with van der Waals surface area (Å²) in [6, 6.07) is 17.0. The van der Waals surface area contributed by atoms with E-state index in [1.807, 2.05) is 60.4 Å². The number of carbonyl (C=O) groups excluding carboxylic acids is 2. The molecule has 3 heterocycles. The fourth-order valence-electron chi connectivity index (χ4n) is 10.8. The van der Waals surface area contributed by atoms with Gasteiger partial charge in [0.15, 0.2) is 10.8 Å². The van der Waals surface area contributed by atoms with Crippen LogP contribution in [0.1, 0.15) is 111 Å². The molecule has 3 unspecified atom stereocenters. The zero-order chi connectivity index (χ0) is 41.5. The molecule has 12 nitrogen and oxygen atoms in total. The Labute approximate surface area is 344 Å². The number of nitrogens with zero attached hydrogens (tertiary/aromatic N) is 3. The van der Waals surface area contributed by atoms with Gasteiger partial charge in [0.05, 0.1) is 22.4 Å². The molecule has 1 aliphatic heterocycles. The number of rotatable bonds is 13. The minimum atomic E-state index is -1.18. The van der Waals surface area contributed by atoms with Crippen molar-refractivity contribution in [1.82, 2.24) is 20.6 Å². The normalized spacial score (nSPS) is 24.0. The molecule has 2 aliphatic carbocycles. The van der Waals surface area contributed by atoms with E-state index >= 15 is 0 Å². The Morgan fingerprint density at radius 3 is 2.47 bits per heavy atom. The third kappa shape index (κ3) is 8.80. The van der Waals surface area contributed by atoms with Crippen molar-refractivity contribution in [1.29, 1.82) is 5.41 Å². The number of aromatic nitrogens is 2. The van der Waals surface area contributed by atoms with Crippen LogP contribution in [0.4, 0.5) is 10.9 Å². The molecule has 2 bridgehead atoms. The van der Waals surface area contributed by atoms with Crippen LogP contribution in [0.3, 0.4) is 0 Å². The van der Waals surface area contributed by atoms with Gasteiger partial charge in [-0.3, -0.25) is 14.9 Å². The van der Waals surface area contributed by atoms with Gasteiger partial charge in [0.2, 0.25) is 5.91 Å². The molecule has 2 aromatic carbocycles. The highest BCUT2D eigenvalue weighted by molar-refractivity contribution is 7.22. The van der Waals surface area contributed by atoms with E-state index in [0.29, 0.717) is 72.6 Å². The lowest BCUT2D eigenvalue weighted by atomic mass is 9.48. The second kappa shape index (κ2) is 15.9. The van der Waals surface area contributed by atoms with Gasteiger partial charge in [-0.2, -0.15) is 0 Å². The minimum Gasteiger partial charge on any atom is -0.476 e. The van der Waals surface area contributed by atoms with Crippen molar-refractivity contribution in [2.24, 2.45) is 16.2 Å². The fourth-order valence-corrected chi connectivity index (χ4v) is 11.7. The number of carboxylic acid groups (broad SMARTS) is 1. The van der Waals surface area contributed by atoms with Crippen molar-refractivity contribution in [2.45, 2.75) is 92.2 Å². The molecular weight excluding hydrogens is 751 g/mol. The van der Waals surface area contributed by atoms with Crippen LogP contribution >= 0.6 is 11.3 Å². The molecule has 58 heavy (non-hydrogen) atoms. The van der Waals surface area contributed by atoms with Crippen molar-refractivity contribution in [3.05, 3.63) is 88.2 Å². The Kier molecular flexibility index (Phi) is 11.2. The average Bonchev–Trinajstić information content (AvgIpc) is 3.56. The number of allylic oxidation sites excluding steroid dienone is 2. The van der Waals surface area contributed by atoms with Crippen LogP contribution in [0.2, 0.25) is 0 Å². The second-order valence-electron chi connectivity index (χ2n) is 18.1. The largest absolute Gasteiger partial charge is 0.476 e. The van der Waals surface area contributed by atoms with Crippen LogP contribution in [0.25, 0.3) is 15.8 Å². The van der Waals surface area contributed by atoms with Gasteiger partial charge < -0.3 is 30.8 Å². The van der Waals surface area contributed by atoms with Crippen molar-refractivity contribution >= 4 is 62.1 Å². The number of ether oxygens (including phenoxy) is 1. The molecule has 4 aromatic rings. The van der Waals surface area contributed by atoms with Crippen molar-refractivity contribution < 1.29 is 24.2 Å². The van der Waals surface area contributed by atoms with E-state index in [4.69, 9.17) is 10.1 Å². The number of anilines is 2. The number of thiazole rings is 1. The number of benzene rings is 2. The van der Waals surface area contributed by atoms with E-state index in [2.05, 4.69) is 53.6 Å². The molecule has 7 rings (SSSR count). The first-order valence-electron chi connectivity index (χ1n) is 20.1. The van der Waals surface area contributed by atoms with Crippen LogP contribution in [-0.2, 0) is 22.5 Å². The lowest BCUT2D eigenvalue weighted by Crippen LogP contribution is -2.58. The Morgan fingerprint density at radius 2 is 1.72 bits per heavy atom. The summed E-state index contributed by atoms with van der Waals surface area (Å²) < 4.78 is 7.71. The van der Waals surface area contributed by atoms with E-state index in [1.165, 1.54) is 24.5 Å². The first-order valence-corrected chi connectivity index (χ1v) is 20.9. The first-order chi connectivity index (χ1) is 27.5. The number of carboxylic acids is 1. The Hall–Kier alpha value is -5.14. The predicted octanol–water partition coefficient (Wildman–Crippen LogP) is 8.08. The number of hydrogen-bond acceptors (Lipinski definition) is 10. The number of carbonyl (C=O) groups is 3. The summed E-state index contributed by atoms with van der Waals surface area (Å²) >= 11 is 1.42. The highest BCUT2D eigenvalue weighted by Gasteiger charge is 2.57. The third-order valence-electron chi connectivity index (χ3n) is 12.0. The number of nitrogens with one attached hydrogen (secondary N) is 4. The summed E-state index contributed by atoms with van der Waals surface area (Å²) in [5, 5.41) is 28.9. The molecule has 13 heteroatoms. The maximum absolute atomic E-state index is 13.6. The fraction of sp³-hybridized carbons (Fsp3) is 0.467. The van der Waals surface area contributed by atoms with Crippen LogP contribution in [0, 0.1) is 21.7 Å². The Balaban J connectivity index is 1.09. The van der Waals surface area contributed by atoms with Gasteiger partial charge in [-0.1, -0.05) is 63.3 Å². The second-order valence-corrected chi connectivity index (χ2v) is 19.2. The molecule has 3 aliphatic rings. The summed E-state index contributed by atoms with van der Waals surface area (Å²) in [6.45, 7) is 15.3. The van der Waals surface area contributed by atoms with Crippen LogP contribution < -0.4 is 20.9 Å². The molecule has 2 saturated carbocycles. The summed E-state index contributed by atoms with van der Waals surface area (Å²) in [6.07, 6.45) is 6.71. The average molecular weight is 806 g/mol. The Bertz CT molecular complexity index is 2270. The van der Waals surface area contributed by atoms with Crippen LogP contribution in [0.15, 0.2) is 60.3 Å². The van der Waals surface area contributed by atoms with Crippen molar-refractivity contribution in [2.75, 3.05) is 36.5 Å². The topological polar surface area (TPSA) is 170 Å². The monoisotopic (exact) mass is 805 g/mol. The number of fused-ring (bicyclic) bond motifs is 4.